The van der Waals surface area contributed by atoms with Crippen molar-refractivity contribution in [3.63, 3.8) is 0 Å². The van der Waals surface area contributed by atoms with E-state index in [4.69, 9.17) is 16.3 Å². The first-order valence-corrected chi connectivity index (χ1v) is 10.5. The number of benzene rings is 2. The highest BCUT2D eigenvalue weighted by atomic mass is 35.5. The van der Waals surface area contributed by atoms with Crippen LogP contribution in [-0.4, -0.2) is 54.2 Å². The molecule has 1 unspecified atom stereocenters. The Morgan fingerprint density at radius 3 is 2.61 bits per heavy atom. The molecule has 8 heteroatoms. The number of amides is 2. The maximum Gasteiger partial charge on any atom is 0.262 e. The summed E-state index contributed by atoms with van der Waals surface area (Å²) in [6, 6.07) is 12.9. The van der Waals surface area contributed by atoms with Crippen LogP contribution in [-0.2, 0) is 14.3 Å². The maximum absolute atomic E-state index is 14.6. The fourth-order valence-electron chi connectivity index (χ4n) is 3.54. The summed E-state index contributed by atoms with van der Waals surface area (Å²) in [7, 11) is 1.53. The lowest BCUT2D eigenvalue weighted by Gasteiger charge is -2.27. The van der Waals surface area contributed by atoms with Gasteiger partial charge in [-0.05, 0) is 12.1 Å². The first kappa shape index (κ1) is 22.9. The van der Waals surface area contributed by atoms with Gasteiger partial charge in [-0.25, -0.2) is 9.40 Å². The Hall–Kier alpha value is -2.77. The van der Waals surface area contributed by atoms with Crippen LogP contribution in [0.25, 0.3) is 0 Å². The van der Waals surface area contributed by atoms with Crippen molar-refractivity contribution >= 4 is 29.1 Å². The number of halogens is 2. The molecule has 0 saturated heterocycles. The minimum Gasteiger partial charge on any atom is -0.383 e. The van der Waals surface area contributed by atoms with Crippen molar-refractivity contribution in [2.75, 3.05) is 26.8 Å². The van der Waals surface area contributed by atoms with E-state index in [0.717, 1.165) is 0 Å². The van der Waals surface area contributed by atoms with Crippen molar-refractivity contribution in [3.8, 4) is 0 Å². The second-order valence-corrected chi connectivity index (χ2v) is 7.58. The van der Waals surface area contributed by atoms with E-state index in [2.05, 4.69) is 5.10 Å². The van der Waals surface area contributed by atoms with E-state index in [9.17, 15) is 14.0 Å². The van der Waals surface area contributed by atoms with Crippen molar-refractivity contribution < 1.29 is 18.7 Å². The van der Waals surface area contributed by atoms with Gasteiger partial charge >= 0.3 is 0 Å². The molecule has 2 aromatic rings. The number of rotatable bonds is 8. The lowest BCUT2D eigenvalue weighted by Crippen LogP contribution is -2.42. The van der Waals surface area contributed by atoms with Crippen molar-refractivity contribution in [2.24, 2.45) is 5.10 Å². The summed E-state index contributed by atoms with van der Waals surface area (Å²) < 4.78 is 19.7. The molecular formula is C23H25ClFN3O3. The second-order valence-electron chi connectivity index (χ2n) is 7.17. The molecule has 0 aromatic heterocycles. The van der Waals surface area contributed by atoms with Gasteiger partial charge in [-0.3, -0.25) is 9.59 Å². The van der Waals surface area contributed by atoms with E-state index in [-0.39, 0.29) is 25.4 Å². The Labute approximate surface area is 186 Å². The molecule has 1 atom stereocenters. The summed E-state index contributed by atoms with van der Waals surface area (Å²) in [4.78, 5) is 27.0. The Morgan fingerprint density at radius 1 is 1.23 bits per heavy atom. The van der Waals surface area contributed by atoms with Gasteiger partial charge in [0, 0.05) is 42.6 Å². The summed E-state index contributed by atoms with van der Waals surface area (Å²) in [6.45, 7) is 2.16. The van der Waals surface area contributed by atoms with Crippen LogP contribution in [0.4, 0.5) is 4.39 Å². The van der Waals surface area contributed by atoms with Gasteiger partial charge in [0.15, 0.2) is 0 Å². The van der Waals surface area contributed by atoms with Crippen molar-refractivity contribution in [1.29, 1.82) is 0 Å². The van der Waals surface area contributed by atoms with E-state index in [1.165, 1.54) is 23.1 Å². The number of hydrogen-bond acceptors (Lipinski definition) is 4. The highest BCUT2D eigenvalue weighted by Gasteiger charge is 2.36. The fraction of sp³-hybridized carbons (Fsp3) is 0.348. The molecular weight excluding hydrogens is 421 g/mol. The second kappa shape index (κ2) is 10.5. The molecule has 2 aromatic carbocycles. The number of hydrazone groups is 1. The largest absolute Gasteiger partial charge is 0.383 e. The third-order valence-corrected chi connectivity index (χ3v) is 5.49. The summed E-state index contributed by atoms with van der Waals surface area (Å²) in [5.74, 6) is -0.975. The minimum atomic E-state index is -0.624. The third kappa shape index (κ3) is 5.29. The van der Waals surface area contributed by atoms with Crippen LogP contribution < -0.4 is 0 Å². The third-order valence-electron chi connectivity index (χ3n) is 5.16. The predicted octanol–water partition coefficient (Wildman–Crippen LogP) is 4.04. The quantitative estimate of drug-likeness (QED) is 0.616. The maximum atomic E-state index is 14.6. The Balaban J connectivity index is 1.93. The molecule has 0 N–H and O–H groups in total. The number of methoxy groups -OCH3 is 1. The molecule has 0 saturated carbocycles. The highest BCUT2D eigenvalue weighted by Crippen LogP contribution is 2.35. The molecule has 1 aliphatic rings. The number of nitrogens with zero attached hydrogens (tertiary/aromatic N) is 3. The van der Waals surface area contributed by atoms with E-state index < -0.39 is 17.8 Å². The minimum absolute atomic E-state index is 0.164. The molecule has 0 bridgehead atoms. The average Bonchev–Trinajstić information content (AvgIpc) is 3.21. The molecule has 0 radical (unpaired) electrons. The van der Waals surface area contributed by atoms with Gasteiger partial charge < -0.3 is 9.64 Å². The molecule has 3 rings (SSSR count). The highest BCUT2D eigenvalue weighted by molar-refractivity contribution is 6.34. The summed E-state index contributed by atoms with van der Waals surface area (Å²) >= 11 is 6.33. The van der Waals surface area contributed by atoms with Gasteiger partial charge in [0.2, 0.25) is 5.91 Å². The average molecular weight is 446 g/mol. The molecule has 6 nitrogen and oxygen atoms in total. The van der Waals surface area contributed by atoms with Crippen LogP contribution >= 0.6 is 11.6 Å². The number of hydrogen-bond donors (Lipinski definition) is 0. The monoisotopic (exact) mass is 445 g/mol. The standard InChI is InChI=1S/C23H25ClFN3O3/c1-3-22(29)27(12-13-31-2)15-23(30)28-21(17-9-5-7-11-19(17)25)14-20(26-28)16-8-4-6-10-18(16)24/h4-11,21H,3,12-15H2,1-2H3. The van der Waals surface area contributed by atoms with Crippen molar-refractivity contribution in [3.05, 3.63) is 70.5 Å². The number of ether oxygens (including phenoxy) is 1. The van der Waals surface area contributed by atoms with Crippen molar-refractivity contribution in [1.82, 2.24) is 9.91 Å². The summed E-state index contributed by atoms with van der Waals surface area (Å²) in [5.41, 5.74) is 1.66. The summed E-state index contributed by atoms with van der Waals surface area (Å²) in [5, 5.41) is 6.30. The van der Waals surface area contributed by atoms with Gasteiger partial charge in [0.1, 0.15) is 12.4 Å². The molecule has 0 aliphatic carbocycles. The number of carbonyl (C=O) groups is 2. The zero-order chi connectivity index (χ0) is 22.4. The van der Waals surface area contributed by atoms with Gasteiger partial charge in [0.25, 0.3) is 5.91 Å². The molecule has 164 valence electrons. The number of carbonyl (C=O) groups excluding carboxylic acids is 2. The first-order valence-electron chi connectivity index (χ1n) is 10.1. The first-order chi connectivity index (χ1) is 15.0. The van der Waals surface area contributed by atoms with Crippen LogP contribution in [0, 0.1) is 5.82 Å². The van der Waals surface area contributed by atoms with E-state index in [1.54, 1.807) is 31.2 Å². The normalized spacial score (nSPS) is 15.7. The smallest absolute Gasteiger partial charge is 0.262 e. The molecule has 31 heavy (non-hydrogen) atoms. The molecule has 1 aliphatic heterocycles. The molecule has 0 fully saturated rings. The van der Waals surface area contributed by atoms with Gasteiger partial charge in [-0.15, -0.1) is 0 Å². The summed E-state index contributed by atoms with van der Waals surface area (Å²) in [6.07, 6.45) is 0.581. The van der Waals surface area contributed by atoms with Gasteiger partial charge in [-0.2, -0.15) is 5.10 Å². The van der Waals surface area contributed by atoms with Gasteiger partial charge in [0.05, 0.1) is 18.4 Å². The molecule has 2 amide bonds. The predicted molar refractivity (Wildman–Crippen MR) is 117 cm³/mol. The Bertz CT molecular complexity index is 982. The van der Waals surface area contributed by atoms with E-state index in [0.29, 0.717) is 34.9 Å². The van der Waals surface area contributed by atoms with Crippen LogP contribution in [0.1, 0.15) is 36.9 Å². The lowest BCUT2D eigenvalue weighted by atomic mass is 9.98. The van der Waals surface area contributed by atoms with Gasteiger partial charge in [-0.1, -0.05) is 54.9 Å². The SMILES string of the molecule is CCC(=O)N(CCOC)CC(=O)N1N=C(c2ccccc2Cl)CC1c1ccccc1F. The van der Waals surface area contributed by atoms with Crippen LogP contribution in [0.15, 0.2) is 53.6 Å². The fourth-order valence-corrected chi connectivity index (χ4v) is 3.78. The Kier molecular flexibility index (Phi) is 7.76. The van der Waals surface area contributed by atoms with Crippen molar-refractivity contribution in [2.45, 2.75) is 25.8 Å². The molecule has 0 spiro atoms. The topological polar surface area (TPSA) is 62.2 Å². The Morgan fingerprint density at radius 2 is 1.94 bits per heavy atom. The van der Waals surface area contributed by atoms with Crippen LogP contribution in [0.5, 0.6) is 0 Å². The van der Waals surface area contributed by atoms with E-state index >= 15 is 0 Å². The van der Waals surface area contributed by atoms with E-state index in [1.807, 2.05) is 18.2 Å². The van der Waals surface area contributed by atoms with Crippen LogP contribution in [0.3, 0.4) is 0 Å². The lowest BCUT2D eigenvalue weighted by molar-refractivity contribution is -0.142. The van der Waals surface area contributed by atoms with Crippen LogP contribution in [0.2, 0.25) is 5.02 Å². The molecule has 1 heterocycles. The zero-order valence-electron chi connectivity index (χ0n) is 17.6. The zero-order valence-corrected chi connectivity index (χ0v) is 18.3.